The second kappa shape index (κ2) is 4.92. The molecule has 1 rings (SSSR count). The predicted molar refractivity (Wildman–Crippen MR) is 47.8 cm³/mol. The molecule has 1 unspecified atom stereocenters. The van der Waals surface area contributed by atoms with Crippen molar-refractivity contribution < 1.29 is 24.5 Å². The molecule has 0 amide bonds. The Balaban J connectivity index is 0.000000255. The van der Waals surface area contributed by atoms with E-state index in [0.29, 0.717) is 0 Å². The van der Waals surface area contributed by atoms with E-state index < -0.39 is 11.9 Å². The molecule has 6 nitrogen and oxygen atoms in total. The molecule has 0 bridgehead atoms. The first-order valence-corrected chi connectivity index (χ1v) is 4.09. The van der Waals surface area contributed by atoms with Crippen LogP contribution in [0.4, 0.5) is 0 Å². The summed E-state index contributed by atoms with van der Waals surface area (Å²) in [5.41, 5.74) is 5.93. The average molecular weight is 205 g/mol. The van der Waals surface area contributed by atoms with Crippen molar-refractivity contribution in [1.82, 2.24) is 0 Å². The summed E-state index contributed by atoms with van der Waals surface area (Å²) in [6, 6.07) is 0.274. The van der Waals surface area contributed by atoms with Crippen molar-refractivity contribution in [2.75, 3.05) is 13.2 Å². The molecule has 6 heteroatoms. The van der Waals surface area contributed by atoms with E-state index in [-0.39, 0.29) is 11.5 Å². The molecule has 82 valence electrons. The molecule has 0 saturated carbocycles. The zero-order chi connectivity index (χ0) is 11.4. The van der Waals surface area contributed by atoms with Gasteiger partial charge in [-0.2, -0.15) is 0 Å². The van der Waals surface area contributed by atoms with E-state index in [0.717, 1.165) is 13.2 Å². The van der Waals surface area contributed by atoms with Crippen molar-refractivity contribution in [2.24, 2.45) is 11.1 Å². The lowest BCUT2D eigenvalue weighted by Crippen LogP contribution is -2.51. The highest BCUT2D eigenvalue weighted by molar-refractivity contribution is 6.27. The Hall–Kier alpha value is -1.14. The molecule has 4 N–H and O–H groups in total. The molecule has 1 heterocycles. The molecular formula is C8H15NO5. The van der Waals surface area contributed by atoms with Crippen molar-refractivity contribution in [2.45, 2.75) is 19.9 Å². The summed E-state index contributed by atoms with van der Waals surface area (Å²) in [6.07, 6.45) is 0. The Bertz CT molecular complexity index is 210. The van der Waals surface area contributed by atoms with Crippen molar-refractivity contribution >= 4 is 11.9 Å². The van der Waals surface area contributed by atoms with E-state index >= 15 is 0 Å². The second-order valence-electron chi connectivity index (χ2n) is 3.55. The maximum Gasteiger partial charge on any atom is 0.414 e. The lowest BCUT2D eigenvalue weighted by atomic mass is 9.82. The van der Waals surface area contributed by atoms with Gasteiger partial charge in [0.1, 0.15) is 0 Å². The molecule has 1 saturated heterocycles. The van der Waals surface area contributed by atoms with Crippen molar-refractivity contribution in [3.8, 4) is 0 Å². The maximum atomic E-state index is 9.10. The number of hydrogen-bond acceptors (Lipinski definition) is 4. The highest BCUT2D eigenvalue weighted by Crippen LogP contribution is 2.28. The number of ether oxygens (including phenoxy) is 1. The van der Waals surface area contributed by atoms with E-state index in [2.05, 4.69) is 6.92 Å². The minimum atomic E-state index is -1.82. The Morgan fingerprint density at radius 2 is 1.71 bits per heavy atom. The van der Waals surface area contributed by atoms with Gasteiger partial charge in [0, 0.05) is 11.5 Å². The fourth-order valence-corrected chi connectivity index (χ4v) is 0.687. The SMILES string of the molecule is CC(N)C1(C)COC1.O=C(O)C(=O)O. The van der Waals surface area contributed by atoms with Gasteiger partial charge in [-0.05, 0) is 6.92 Å². The molecule has 0 spiro atoms. The molecule has 1 atom stereocenters. The average Bonchev–Trinajstić information content (AvgIpc) is 2.00. The van der Waals surface area contributed by atoms with Gasteiger partial charge in [0.2, 0.25) is 0 Å². The zero-order valence-electron chi connectivity index (χ0n) is 8.19. The Kier molecular flexibility index (Phi) is 4.52. The van der Waals surface area contributed by atoms with Crippen LogP contribution in [0.1, 0.15) is 13.8 Å². The molecule has 1 fully saturated rings. The van der Waals surface area contributed by atoms with Gasteiger partial charge in [-0.15, -0.1) is 0 Å². The van der Waals surface area contributed by atoms with Crippen molar-refractivity contribution in [3.05, 3.63) is 0 Å². The van der Waals surface area contributed by atoms with Gasteiger partial charge in [0.05, 0.1) is 13.2 Å². The van der Waals surface area contributed by atoms with E-state index in [9.17, 15) is 0 Å². The van der Waals surface area contributed by atoms with Gasteiger partial charge in [0.15, 0.2) is 0 Å². The maximum absolute atomic E-state index is 9.10. The van der Waals surface area contributed by atoms with Gasteiger partial charge >= 0.3 is 11.9 Å². The first kappa shape index (κ1) is 12.9. The predicted octanol–water partition coefficient (Wildman–Crippen LogP) is -0.474. The van der Waals surface area contributed by atoms with Crippen LogP contribution in [0.15, 0.2) is 0 Å². The Morgan fingerprint density at radius 3 is 1.71 bits per heavy atom. The number of carbonyl (C=O) groups is 2. The third kappa shape index (κ3) is 3.71. The van der Waals surface area contributed by atoms with Crippen LogP contribution in [0.3, 0.4) is 0 Å². The van der Waals surface area contributed by atoms with Crippen LogP contribution >= 0.6 is 0 Å². The molecular weight excluding hydrogens is 190 g/mol. The normalized spacial score (nSPS) is 19.6. The zero-order valence-corrected chi connectivity index (χ0v) is 8.19. The largest absolute Gasteiger partial charge is 0.473 e. The number of aliphatic carboxylic acids is 2. The second-order valence-corrected chi connectivity index (χ2v) is 3.55. The molecule has 0 radical (unpaired) electrons. The third-order valence-electron chi connectivity index (χ3n) is 2.15. The fourth-order valence-electron chi connectivity index (χ4n) is 0.687. The first-order chi connectivity index (χ1) is 6.29. The van der Waals surface area contributed by atoms with Crippen LogP contribution in [0, 0.1) is 5.41 Å². The van der Waals surface area contributed by atoms with E-state index in [1.54, 1.807) is 0 Å². The highest BCUT2D eigenvalue weighted by Gasteiger charge is 2.36. The minimum Gasteiger partial charge on any atom is -0.473 e. The van der Waals surface area contributed by atoms with Gasteiger partial charge in [-0.3, -0.25) is 0 Å². The van der Waals surface area contributed by atoms with Gasteiger partial charge in [-0.25, -0.2) is 9.59 Å². The lowest BCUT2D eigenvalue weighted by Gasteiger charge is -2.41. The van der Waals surface area contributed by atoms with Gasteiger partial charge in [-0.1, -0.05) is 6.92 Å². The fraction of sp³-hybridized carbons (Fsp3) is 0.750. The number of rotatable bonds is 1. The van der Waals surface area contributed by atoms with Crippen LogP contribution in [0.2, 0.25) is 0 Å². The summed E-state index contributed by atoms with van der Waals surface area (Å²) in [5.74, 6) is -3.65. The van der Waals surface area contributed by atoms with Crippen LogP contribution in [-0.2, 0) is 14.3 Å². The summed E-state index contributed by atoms with van der Waals surface area (Å²) in [5, 5.41) is 14.8. The number of hydrogen-bond donors (Lipinski definition) is 3. The summed E-state index contributed by atoms with van der Waals surface area (Å²) in [7, 11) is 0. The summed E-state index contributed by atoms with van der Waals surface area (Å²) in [4.78, 5) is 18.2. The minimum absolute atomic E-state index is 0.274. The van der Waals surface area contributed by atoms with Crippen LogP contribution < -0.4 is 5.73 Å². The number of carboxylic acids is 2. The molecule has 0 aliphatic carbocycles. The van der Waals surface area contributed by atoms with E-state index in [1.165, 1.54) is 0 Å². The third-order valence-corrected chi connectivity index (χ3v) is 2.15. The summed E-state index contributed by atoms with van der Waals surface area (Å²) in [6.45, 7) is 5.86. The van der Waals surface area contributed by atoms with Gasteiger partial charge in [0.25, 0.3) is 0 Å². The molecule has 14 heavy (non-hydrogen) atoms. The number of carboxylic acid groups (broad SMARTS) is 2. The lowest BCUT2D eigenvalue weighted by molar-refractivity contribution is -0.159. The molecule has 0 aromatic heterocycles. The van der Waals surface area contributed by atoms with Crippen LogP contribution in [0.25, 0.3) is 0 Å². The Morgan fingerprint density at radius 1 is 1.36 bits per heavy atom. The van der Waals surface area contributed by atoms with Crippen LogP contribution in [-0.4, -0.2) is 41.4 Å². The van der Waals surface area contributed by atoms with Gasteiger partial charge < -0.3 is 20.7 Å². The smallest absolute Gasteiger partial charge is 0.414 e. The van der Waals surface area contributed by atoms with E-state index in [4.69, 9.17) is 30.3 Å². The quantitative estimate of drug-likeness (QED) is 0.499. The van der Waals surface area contributed by atoms with E-state index in [1.807, 2.05) is 6.92 Å². The first-order valence-electron chi connectivity index (χ1n) is 4.09. The molecule has 0 aromatic carbocycles. The summed E-state index contributed by atoms with van der Waals surface area (Å²) < 4.78 is 5.02. The van der Waals surface area contributed by atoms with Crippen molar-refractivity contribution in [1.29, 1.82) is 0 Å². The molecule has 0 aromatic rings. The van der Waals surface area contributed by atoms with Crippen LogP contribution in [0.5, 0.6) is 0 Å². The standard InChI is InChI=1S/C6H13NO.C2H2O4/c1-5(7)6(2)3-8-4-6;3-1(4)2(5)6/h5H,3-4,7H2,1-2H3;(H,3,4)(H,5,6). The Labute approximate surface area is 81.7 Å². The monoisotopic (exact) mass is 205 g/mol. The molecule has 1 aliphatic heterocycles. The highest BCUT2D eigenvalue weighted by atomic mass is 16.5. The summed E-state index contributed by atoms with van der Waals surface area (Å²) >= 11 is 0. The topological polar surface area (TPSA) is 110 Å². The van der Waals surface area contributed by atoms with Crippen molar-refractivity contribution in [3.63, 3.8) is 0 Å². The number of nitrogens with two attached hydrogens (primary N) is 1. The molecule has 1 aliphatic rings.